The Balaban J connectivity index is 2.15. The van der Waals surface area contributed by atoms with Crippen molar-refractivity contribution in [3.05, 3.63) is 65.5 Å². The zero-order valence-corrected chi connectivity index (χ0v) is 14.5. The molecule has 0 fully saturated rings. The lowest BCUT2D eigenvalue weighted by atomic mass is 10.0. The summed E-state index contributed by atoms with van der Waals surface area (Å²) in [6.45, 7) is 3.51. The number of nitrogens with two attached hydrogens (primary N) is 1. The second-order valence-electron chi connectivity index (χ2n) is 6.11. The second-order valence-corrected chi connectivity index (χ2v) is 6.11. The molecule has 136 valence electrons. The van der Waals surface area contributed by atoms with Gasteiger partial charge in [-0.1, -0.05) is 32.0 Å². The Morgan fingerprint density at radius 2 is 1.73 bits per heavy atom. The third-order valence-corrected chi connectivity index (χ3v) is 3.77. The third kappa shape index (κ3) is 4.66. The standard InChI is InChI=1S/C19H20FN3O3/c1-11(2)16(23-18(25)14-8-3-4-9-15(14)20)19(26)22-13-7-5-6-12(10-13)17(21)24/h3-11,16H,1-2H3,(H2,21,24)(H,22,26)(H,23,25)/t16-/m1/s1. The maximum absolute atomic E-state index is 13.8. The topological polar surface area (TPSA) is 101 Å². The average Bonchev–Trinajstić information content (AvgIpc) is 2.59. The Morgan fingerprint density at radius 3 is 2.35 bits per heavy atom. The van der Waals surface area contributed by atoms with Crippen LogP contribution in [0.2, 0.25) is 0 Å². The van der Waals surface area contributed by atoms with E-state index in [4.69, 9.17) is 5.73 Å². The van der Waals surface area contributed by atoms with Gasteiger partial charge in [-0.05, 0) is 36.2 Å². The van der Waals surface area contributed by atoms with Gasteiger partial charge in [-0.2, -0.15) is 0 Å². The van der Waals surface area contributed by atoms with Crippen LogP contribution < -0.4 is 16.4 Å². The fourth-order valence-corrected chi connectivity index (χ4v) is 2.37. The molecule has 6 nitrogen and oxygen atoms in total. The SMILES string of the molecule is CC(C)[C@@H](NC(=O)c1ccccc1F)C(=O)Nc1cccc(C(N)=O)c1. The van der Waals surface area contributed by atoms with Crippen molar-refractivity contribution >= 4 is 23.4 Å². The van der Waals surface area contributed by atoms with Crippen LogP contribution in [0.1, 0.15) is 34.6 Å². The van der Waals surface area contributed by atoms with Crippen LogP contribution in [0.4, 0.5) is 10.1 Å². The fourth-order valence-electron chi connectivity index (χ4n) is 2.37. The highest BCUT2D eigenvalue weighted by molar-refractivity contribution is 6.02. The number of anilines is 1. The smallest absolute Gasteiger partial charge is 0.254 e. The molecule has 7 heteroatoms. The van der Waals surface area contributed by atoms with E-state index in [0.29, 0.717) is 5.69 Å². The molecule has 2 rings (SSSR count). The van der Waals surface area contributed by atoms with Gasteiger partial charge in [-0.3, -0.25) is 14.4 Å². The lowest BCUT2D eigenvalue weighted by Gasteiger charge is -2.22. The molecule has 0 bridgehead atoms. The molecule has 4 N–H and O–H groups in total. The first-order valence-electron chi connectivity index (χ1n) is 8.05. The van der Waals surface area contributed by atoms with E-state index in [2.05, 4.69) is 10.6 Å². The van der Waals surface area contributed by atoms with Crippen LogP contribution in [0.15, 0.2) is 48.5 Å². The lowest BCUT2D eigenvalue weighted by molar-refractivity contribution is -0.118. The minimum absolute atomic E-state index is 0.137. The molecule has 0 heterocycles. The summed E-state index contributed by atoms with van der Waals surface area (Å²) in [5.74, 6) is -2.68. The number of carbonyl (C=O) groups is 3. The summed E-state index contributed by atoms with van der Waals surface area (Å²) in [5, 5.41) is 5.18. The van der Waals surface area contributed by atoms with E-state index in [9.17, 15) is 18.8 Å². The summed E-state index contributed by atoms with van der Waals surface area (Å²) < 4.78 is 13.8. The highest BCUT2D eigenvalue weighted by atomic mass is 19.1. The zero-order chi connectivity index (χ0) is 19.3. The summed E-state index contributed by atoms with van der Waals surface area (Å²) in [6.07, 6.45) is 0. The van der Waals surface area contributed by atoms with Gasteiger partial charge in [0.05, 0.1) is 5.56 Å². The van der Waals surface area contributed by atoms with Crippen LogP contribution in [0.5, 0.6) is 0 Å². The molecule has 2 aromatic rings. The number of amides is 3. The Morgan fingerprint density at radius 1 is 1.04 bits per heavy atom. The van der Waals surface area contributed by atoms with Gasteiger partial charge in [-0.25, -0.2) is 4.39 Å². The van der Waals surface area contributed by atoms with Gasteiger partial charge in [0.2, 0.25) is 11.8 Å². The van der Waals surface area contributed by atoms with Crippen LogP contribution in [-0.2, 0) is 4.79 Å². The largest absolute Gasteiger partial charge is 0.366 e. The normalized spacial score (nSPS) is 11.7. The van der Waals surface area contributed by atoms with Crippen molar-refractivity contribution in [2.24, 2.45) is 11.7 Å². The first-order chi connectivity index (χ1) is 12.3. The third-order valence-electron chi connectivity index (χ3n) is 3.77. The number of hydrogen-bond donors (Lipinski definition) is 3. The summed E-state index contributed by atoms with van der Waals surface area (Å²) >= 11 is 0. The number of rotatable bonds is 6. The molecule has 0 aromatic heterocycles. The van der Waals surface area contributed by atoms with Gasteiger partial charge in [0.25, 0.3) is 5.91 Å². The van der Waals surface area contributed by atoms with Gasteiger partial charge in [-0.15, -0.1) is 0 Å². The predicted molar refractivity (Wildman–Crippen MR) is 96.1 cm³/mol. The number of nitrogens with one attached hydrogen (secondary N) is 2. The predicted octanol–water partition coefficient (Wildman–Crippen LogP) is 2.32. The van der Waals surface area contributed by atoms with Crippen LogP contribution in [0.3, 0.4) is 0 Å². The highest BCUT2D eigenvalue weighted by Gasteiger charge is 2.25. The molecule has 0 aliphatic heterocycles. The minimum atomic E-state index is -0.889. The molecule has 0 spiro atoms. The number of primary amides is 1. The number of benzene rings is 2. The van der Waals surface area contributed by atoms with E-state index >= 15 is 0 Å². The molecule has 0 saturated carbocycles. The van der Waals surface area contributed by atoms with Crippen LogP contribution in [-0.4, -0.2) is 23.8 Å². The van der Waals surface area contributed by atoms with E-state index in [1.165, 1.54) is 36.4 Å². The molecule has 0 saturated heterocycles. The molecule has 0 radical (unpaired) electrons. The quantitative estimate of drug-likeness (QED) is 0.739. The van der Waals surface area contributed by atoms with Crippen molar-refractivity contribution in [2.45, 2.75) is 19.9 Å². The van der Waals surface area contributed by atoms with E-state index < -0.39 is 29.6 Å². The molecular formula is C19H20FN3O3. The number of halogens is 1. The summed E-state index contributed by atoms with van der Waals surface area (Å²) in [4.78, 5) is 36.1. The van der Waals surface area contributed by atoms with Crippen molar-refractivity contribution in [3.8, 4) is 0 Å². The van der Waals surface area contributed by atoms with Gasteiger partial charge in [0.1, 0.15) is 11.9 Å². The number of carbonyl (C=O) groups excluding carboxylic acids is 3. The highest BCUT2D eigenvalue weighted by Crippen LogP contribution is 2.13. The molecular weight excluding hydrogens is 337 g/mol. The molecule has 0 unspecified atom stereocenters. The van der Waals surface area contributed by atoms with Crippen molar-refractivity contribution < 1.29 is 18.8 Å². The zero-order valence-electron chi connectivity index (χ0n) is 14.5. The Bertz CT molecular complexity index is 836. The summed E-state index contributed by atoms with van der Waals surface area (Å²) in [5.41, 5.74) is 5.71. The van der Waals surface area contributed by atoms with Crippen molar-refractivity contribution in [1.82, 2.24) is 5.32 Å². The maximum Gasteiger partial charge on any atom is 0.254 e. The molecule has 0 aliphatic carbocycles. The van der Waals surface area contributed by atoms with Crippen LogP contribution in [0.25, 0.3) is 0 Å². The van der Waals surface area contributed by atoms with Gasteiger partial charge >= 0.3 is 0 Å². The van der Waals surface area contributed by atoms with E-state index in [1.54, 1.807) is 26.0 Å². The lowest BCUT2D eigenvalue weighted by Crippen LogP contribution is -2.47. The Kier molecular flexibility index (Phi) is 6.06. The van der Waals surface area contributed by atoms with Gasteiger partial charge < -0.3 is 16.4 Å². The first-order valence-corrected chi connectivity index (χ1v) is 8.05. The average molecular weight is 357 g/mol. The molecule has 0 aliphatic rings. The van der Waals surface area contributed by atoms with Gasteiger partial charge in [0.15, 0.2) is 0 Å². The minimum Gasteiger partial charge on any atom is -0.366 e. The first kappa shape index (κ1) is 19.1. The molecule has 1 atom stereocenters. The maximum atomic E-state index is 13.8. The monoisotopic (exact) mass is 357 g/mol. The molecule has 2 aromatic carbocycles. The summed E-state index contributed by atoms with van der Waals surface area (Å²) in [7, 11) is 0. The van der Waals surface area contributed by atoms with Gasteiger partial charge in [0, 0.05) is 11.3 Å². The molecule has 26 heavy (non-hydrogen) atoms. The van der Waals surface area contributed by atoms with Crippen LogP contribution in [0, 0.1) is 11.7 Å². The molecule has 3 amide bonds. The number of hydrogen-bond acceptors (Lipinski definition) is 3. The van der Waals surface area contributed by atoms with Crippen molar-refractivity contribution in [1.29, 1.82) is 0 Å². The van der Waals surface area contributed by atoms with Crippen LogP contribution >= 0.6 is 0 Å². The van der Waals surface area contributed by atoms with E-state index in [-0.39, 0.29) is 17.0 Å². The summed E-state index contributed by atoms with van der Waals surface area (Å²) in [6, 6.07) is 10.8. The van der Waals surface area contributed by atoms with E-state index in [0.717, 1.165) is 0 Å². The second kappa shape index (κ2) is 8.24. The van der Waals surface area contributed by atoms with Crippen molar-refractivity contribution in [3.63, 3.8) is 0 Å². The Labute approximate surface area is 150 Å². The fraction of sp³-hybridized carbons (Fsp3) is 0.211. The van der Waals surface area contributed by atoms with E-state index in [1.807, 2.05) is 0 Å². The Hall–Kier alpha value is -3.22. The van der Waals surface area contributed by atoms with Crippen molar-refractivity contribution in [2.75, 3.05) is 5.32 Å².